The van der Waals surface area contributed by atoms with Crippen molar-refractivity contribution < 1.29 is 9.47 Å². The van der Waals surface area contributed by atoms with E-state index >= 15 is 0 Å². The van der Waals surface area contributed by atoms with Gasteiger partial charge in [0.15, 0.2) is 0 Å². The summed E-state index contributed by atoms with van der Waals surface area (Å²) in [6, 6.07) is 4.27. The van der Waals surface area contributed by atoms with E-state index in [1.807, 2.05) is 26.1 Å². The van der Waals surface area contributed by atoms with Crippen molar-refractivity contribution >= 4 is 0 Å². The molecule has 15 heavy (non-hydrogen) atoms. The van der Waals surface area contributed by atoms with Crippen LogP contribution in [0, 0.1) is 6.92 Å². The highest BCUT2D eigenvalue weighted by Crippen LogP contribution is 2.31. The van der Waals surface area contributed by atoms with Crippen LogP contribution in [0.2, 0.25) is 0 Å². The SMILES string of the molecule is CNC(C)c1cc(OC)c(C)cc1OC. The molecule has 0 saturated carbocycles. The highest BCUT2D eigenvalue weighted by atomic mass is 16.5. The molecule has 0 spiro atoms. The Kier molecular flexibility index (Phi) is 3.97. The van der Waals surface area contributed by atoms with Gasteiger partial charge in [0.05, 0.1) is 14.2 Å². The molecule has 3 nitrogen and oxygen atoms in total. The molecule has 1 aromatic carbocycles. The van der Waals surface area contributed by atoms with Crippen LogP contribution in [-0.2, 0) is 0 Å². The van der Waals surface area contributed by atoms with E-state index in [4.69, 9.17) is 9.47 Å². The molecule has 0 fully saturated rings. The lowest BCUT2D eigenvalue weighted by molar-refractivity contribution is 0.391. The Balaban J connectivity index is 3.22. The number of ether oxygens (including phenoxy) is 2. The van der Waals surface area contributed by atoms with E-state index in [2.05, 4.69) is 12.2 Å². The lowest BCUT2D eigenvalue weighted by Crippen LogP contribution is -2.13. The van der Waals surface area contributed by atoms with Gasteiger partial charge in [0, 0.05) is 11.6 Å². The molecule has 0 aliphatic carbocycles. The minimum absolute atomic E-state index is 0.245. The van der Waals surface area contributed by atoms with E-state index in [-0.39, 0.29) is 6.04 Å². The van der Waals surface area contributed by atoms with Gasteiger partial charge in [-0.1, -0.05) is 0 Å². The molecule has 1 rings (SSSR count). The first kappa shape index (κ1) is 11.9. The third-order valence-corrected chi connectivity index (χ3v) is 2.65. The molecule has 0 aliphatic heterocycles. The smallest absolute Gasteiger partial charge is 0.124 e. The largest absolute Gasteiger partial charge is 0.496 e. The highest BCUT2D eigenvalue weighted by molar-refractivity contribution is 5.47. The van der Waals surface area contributed by atoms with Crippen LogP contribution in [0.5, 0.6) is 11.5 Å². The molecule has 1 atom stereocenters. The molecule has 0 saturated heterocycles. The predicted molar refractivity (Wildman–Crippen MR) is 61.8 cm³/mol. The van der Waals surface area contributed by atoms with Gasteiger partial charge in [-0.05, 0) is 38.6 Å². The maximum atomic E-state index is 5.35. The van der Waals surface area contributed by atoms with Crippen molar-refractivity contribution in [2.45, 2.75) is 19.9 Å². The van der Waals surface area contributed by atoms with Crippen molar-refractivity contribution in [1.82, 2.24) is 5.32 Å². The highest BCUT2D eigenvalue weighted by Gasteiger charge is 2.12. The average Bonchev–Trinajstić information content (AvgIpc) is 2.27. The van der Waals surface area contributed by atoms with Gasteiger partial charge in [-0.2, -0.15) is 0 Å². The molecule has 0 aromatic heterocycles. The van der Waals surface area contributed by atoms with Crippen LogP contribution in [0.15, 0.2) is 12.1 Å². The number of rotatable bonds is 4. The van der Waals surface area contributed by atoms with Crippen LogP contribution < -0.4 is 14.8 Å². The van der Waals surface area contributed by atoms with Crippen LogP contribution >= 0.6 is 0 Å². The fraction of sp³-hybridized carbons (Fsp3) is 0.500. The third-order valence-electron chi connectivity index (χ3n) is 2.65. The Labute approximate surface area is 91.4 Å². The van der Waals surface area contributed by atoms with Gasteiger partial charge in [-0.25, -0.2) is 0 Å². The number of methoxy groups -OCH3 is 2. The van der Waals surface area contributed by atoms with Gasteiger partial charge in [0.1, 0.15) is 11.5 Å². The summed E-state index contributed by atoms with van der Waals surface area (Å²) in [7, 11) is 5.30. The molecule has 84 valence electrons. The van der Waals surface area contributed by atoms with Crippen molar-refractivity contribution in [1.29, 1.82) is 0 Å². The van der Waals surface area contributed by atoms with E-state index < -0.39 is 0 Å². The fourth-order valence-electron chi connectivity index (χ4n) is 1.57. The Hall–Kier alpha value is -1.22. The predicted octanol–water partition coefficient (Wildman–Crippen LogP) is 2.29. The molecule has 0 amide bonds. The average molecular weight is 209 g/mol. The van der Waals surface area contributed by atoms with Gasteiger partial charge in [-0.3, -0.25) is 0 Å². The summed E-state index contributed by atoms with van der Waals surface area (Å²) in [6.45, 7) is 4.10. The maximum absolute atomic E-state index is 5.35. The number of hydrogen-bond acceptors (Lipinski definition) is 3. The summed E-state index contributed by atoms with van der Waals surface area (Å²) in [6.07, 6.45) is 0. The fourth-order valence-corrected chi connectivity index (χ4v) is 1.57. The lowest BCUT2D eigenvalue weighted by Gasteiger charge is -2.17. The van der Waals surface area contributed by atoms with E-state index in [0.29, 0.717) is 0 Å². The van der Waals surface area contributed by atoms with Crippen LogP contribution in [0.4, 0.5) is 0 Å². The number of benzene rings is 1. The monoisotopic (exact) mass is 209 g/mol. The molecule has 0 heterocycles. The first-order valence-electron chi connectivity index (χ1n) is 5.03. The topological polar surface area (TPSA) is 30.5 Å². The molecule has 1 N–H and O–H groups in total. The second kappa shape index (κ2) is 5.03. The summed E-state index contributed by atoms with van der Waals surface area (Å²) >= 11 is 0. The second-order valence-corrected chi connectivity index (χ2v) is 3.57. The van der Waals surface area contributed by atoms with Crippen LogP contribution in [0.1, 0.15) is 24.1 Å². The normalized spacial score (nSPS) is 12.3. The first-order valence-corrected chi connectivity index (χ1v) is 5.03. The third kappa shape index (κ3) is 2.42. The van der Waals surface area contributed by atoms with Gasteiger partial charge in [0.2, 0.25) is 0 Å². The summed E-state index contributed by atoms with van der Waals surface area (Å²) in [5, 5.41) is 3.19. The van der Waals surface area contributed by atoms with Gasteiger partial charge in [0.25, 0.3) is 0 Å². The van der Waals surface area contributed by atoms with E-state index in [1.165, 1.54) is 0 Å². The van der Waals surface area contributed by atoms with Gasteiger partial charge in [-0.15, -0.1) is 0 Å². The molecular weight excluding hydrogens is 190 g/mol. The molecular formula is C12H19NO2. The summed E-state index contributed by atoms with van der Waals surface area (Å²) in [4.78, 5) is 0. The zero-order valence-electron chi connectivity index (χ0n) is 10.0. The van der Waals surface area contributed by atoms with E-state index in [0.717, 1.165) is 22.6 Å². The van der Waals surface area contributed by atoms with Crippen molar-refractivity contribution in [2.75, 3.05) is 21.3 Å². The summed E-state index contributed by atoms with van der Waals surface area (Å²) in [5.74, 6) is 1.79. The second-order valence-electron chi connectivity index (χ2n) is 3.57. The van der Waals surface area contributed by atoms with E-state index in [1.54, 1.807) is 14.2 Å². The number of hydrogen-bond donors (Lipinski definition) is 1. The molecule has 3 heteroatoms. The van der Waals surface area contributed by atoms with Crippen molar-refractivity contribution in [3.05, 3.63) is 23.3 Å². The Bertz CT molecular complexity index is 337. The lowest BCUT2D eigenvalue weighted by atomic mass is 10.0. The Morgan fingerprint density at radius 2 is 1.73 bits per heavy atom. The van der Waals surface area contributed by atoms with Gasteiger partial charge >= 0.3 is 0 Å². The van der Waals surface area contributed by atoms with Gasteiger partial charge < -0.3 is 14.8 Å². The zero-order chi connectivity index (χ0) is 11.4. The molecule has 1 aromatic rings. The number of nitrogens with one attached hydrogen (secondary N) is 1. The summed E-state index contributed by atoms with van der Waals surface area (Å²) < 4.78 is 10.6. The van der Waals surface area contributed by atoms with Crippen molar-refractivity contribution in [2.24, 2.45) is 0 Å². The van der Waals surface area contributed by atoms with Crippen LogP contribution in [0.25, 0.3) is 0 Å². The Morgan fingerprint density at radius 1 is 1.13 bits per heavy atom. The molecule has 1 unspecified atom stereocenters. The maximum Gasteiger partial charge on any atom is 0.124 e. The minimum atomic E-state index is 0.245. The van der Waals surface area contributed by atoms with Crippen molar-refractivity contribution in [3.8, 4) is 11.5 Å². The van der Waals surface area contributed by atoms with E-state index in [9.17, 15) is 0 Å². The number of aryl methyl sites for hydroxylation is 1. The first-order chi connectivity index (χ1) is 7.13. The Morgan fingerprint density at radius 3 is 2.20 bits per heavy atom. The summed E-state index contributed by atoms with van der Waals surface area (Å²) in [5.41, 5.74) is 2.20. The minimum Gasteiger partial charge on any atom is -0.496 e. The van der Waals surface area contributed by atoms with Crippen molar-refractivity contribution in [3.63, 3.8) is 0 Å². The van der Waals surface area contributed by atoms with Crippen LogP contribution in [0.3, 0.4) is 0 Å². The molecule has 0 aliphatic rings. The zero-order valence-corrected chi connectivity index (χ0v) is 10.0. The molecule has 0 radical (unpaired) electrons. The standard InChI is InChI=1S/C12H19NO2/c1-8-6-12(15-5)10(9(2)13-3)7-11(8)14-4/h6-7,9,13H,1-5H3. The molecule has 0 bridgehead atoms. The quantitative estimate of drug-likeness (QED) is 0.825. The van der Waals surface area contributed by atoms with Crippen LogP contribution in [-0.4, -0.2) is 21.3 Å².